The third-order valence-electron chi connectivity index (χ3n) is 4.24. The van der Waals surface area contributed by atoms with Crippen LogP contribution in [-0.4, -0.2) is 25.5 Å². The molecule has 4 nitrogen and oxygen atoms in total. The van der Waals surface area contributed by atoms with Gasteiger partial charge in [0.2, 0.25) is 10.0 Å². The molecule has 2 aromatic carbocycles. The van der Waals surface area contributed by atoms with Crippen LogP contribution >= 0.6 is 0 Å². The zero-order chi connectivity index (χ0) is 16.4. The van der Waals surface area contributed by atoms with E-state index in [1.807, 2.05) is 61.5 Å². The van der Waals surface area contributed by atoms with Gasteiger partial charge in [-0.25, -0.2) is 8.42 Å². The quantitative estimate of drug-likeness (QED) is 0.864. The normalized spacial score (nSPS) is 22.3. The van der Waals surface area contributed by atoms with Gasteiger partial charge in [-0.1, -0.05) is 54.6 Å². The molecule has 2 aromatic rings. The molecule has 0 N–H and O–H groups in total. The number of hydrogen-bond donors (Lipinski definition) is 0. The first kappa shape index (κ1) is 16.2. The standard InChI is InChI=1S/C18H21NO3S/c1-14-8-6-7-11-17(14)13-23(20,21)19-12-18(22-15(19)2)16-9-4-3-5-10-16/h3-11,15,18H,12-13H2,1-2H3. The second-order valence-electron chi connectivity index (χ2n) is 5.89. The number of rotatable bonds is 4. The first-order valence-corrected chi connectivity index (χ1v) is 9.33. The van der Waals surface area contributed by atoms with Gasteiger partial charge in [-0.05, 0) is 30.5 Å². The summed E-state index contributed by atoms with van der Waals surface area (Å²) in [6.45, 7) is 4.08. The minimum atomic E-state index is -3.42. The van der Waals surface area contributed by atoms with Crippen molar-refractivity contribution in [2.75, 3.05) is 6.54 Å². The fourth-order valence-electron chi connectivity index (χ4n) is 2.90. The molecule has 0 radical (unpaired) electrons. The molecular weight excluding hydrogens is 310 g/mol. The van der Waals surface area contributed by atoms with Crippen LogP contribution in [0.5, 0.6) is 0 Å². The zero-order valence-corrected chi connectivity index (χ0v) is 14.2. The van der Waals surface area contributed by atoms with Crippen LogP contribution in [0.4, 0.5) is 0 Å². The summed E-state index contributed by atoms with van der Waals surface area (Å²) in [5.41, 5.74) is 2.83. The summed E-state index contributed by atoms with van der Waals surface area (Å²) < 4.78 is 32.9. The number of benzene rings is 2. The van der Waals surface area contributed by atoms with Crippen molar-refractivity contribution < 1.29 is 13.2 Å². The van der Waals surface area contributed by atoms with E-state index in [1.54, 1.807) is 6.92 Å². The lowest BCUT2D eigenvalue weighted by molar-refractivity contribution is 0.0344. The molecule has 1 aliphatic heterocycles. The molecular formula is C18H21NO3S. The molecule has 122 valence electrons. The minimum absolute atomic E-state index is 0.00881. The highest BCUT2D eigenvalue weighted by molar-refractivity contribution is 7.88. The lowest BCUT2D eigenvalue weighted by Crippen LogP contribution is -2.35. The summed E-state index contributed by atoms with van der Waals surface area (Å²) in [6, 6.07) is 17.3. The van der Waals surface area contributed by atoms with Crippen molar-refractivity contribution in [3.8, 4) is 0 Å². The second kappa shape index (κ2) is 6.43. The summed E-state index contributed by atoms with van der Waals surface area (Å²) in [7, 11) is -3.42. The molecule has 0 amide bonds. The molecule has 0 spiro atoms. The Labute approximate surface area is 137 Å². The van der Waals surface area contributed by atoms with Crippen molar-refractivity contribution in [1.29, 1.82) is 0 Å². The van der Waals surface area contributed by atoms with Crippen LogP contribution in [0.15, 0.2) is 54.6 Å². The molecule has 5 heteroatoms. The Morgan fingerprint density at radius 1 is 1.09 bits per heavy atom. The molecule has 0 aliphatic carbocycles. The fraction of sp³-hybridized carbons (Fsp3) is 0.333. The highest BCUT2D eigenvalue weighted by Crippen LogP contribution is 2.31. The summed E-state index contributed by atoms with van der Waals surface area (Å²) in [6.07, 6.45) is -0.660. The van der Waals surface area contributed by atoms with E-state index in [2.05, 4.69) is 0 Å². The number of hydrogen-bond acceptors (Lipinski definition) is 3. The fourth-order valence-corrected chi connectivity index (χ4v) is 4.65. The first-order valence-electron chi connectivity index (χ1n) is 7.72. The highest BCUT2D eigenvalue weighted by Gasteiger charge is 2.38. The predicted octanol–water partition coefficient (Wildman–Crippen LogP) is 3.24. The molecule has 3 rings (SSSR count). The molecule has 1 saturated heterocycles. The largest absolute Gasteiger partial charge is 0.353 e. The third-order valence-corrected chi connectivity index (χ3v) is 6.08. The van der Waals surface area contributed by atoms with Gasteiger partial charge in [0.25, 0.3) is 0 Å². The Bertz CT molecular complexity index is 774. The molecule has 2 unspecified atom stereocenters. The van der Waals surface area contributed by atoms with E-state index >= 15 is 0 Å². The van der Waals surface area contributed by atoms with Gasteiger partial charge in [-0.3, -0.25) is 0 Å². The van der Waals surface area contributed by atoms with Crippen LogP contribution in [-0.2, 0) is 20.5 Å². The molecule has 1 fully saturated rings. The SMILES string of the molecule is Cc1ccccc1CS(=O)(=O)N1CC(c2ccccc2)OC1C. The van der Waals surface area contributed by atoms with Crippen LogP contribution in [0.25, 0.3) is 0 Å². The van der Waals surface area contributed by atoms with Crippen LogP contribution < -0.4 is 0 Å². The van der Waals surface area contributed by atoms with Gasteiger partial charge in [0.15, 0.2) is 0 Å². The van der Waals surface area contributed by atoms with Crippen molar-refractivity contribution in [3.05, 3.63) is 71.3 Å². The van der Waals surface area contributed by atoms with Crippen LogP contribution in [0, 0.1) is 6.92 Å². The van der Waals surface area contributed by atoms with Crippen LogP contribution in [0.3, 0.4) is 0 Å². The third kappa shape index (κ3) is 3.47. The highest BCUT2D eigenvalue weighted by atomic mass is 32.2. The van der Waals surface area contributed by atoms with Gasteiger partial charge in [-0.15, -0.1) is 0 Å². The Morgan fingerprint density at radius 3 is 2.43 bits per heavy atom. The lowest BCUT2D eigenvalue weighted by atomic mass is 10.1. The zero-order valence-electron chi connectivity index (χ0n) is 13.3. The maximum absolute atomic E-state index is 12.8. The predicted molar refractivity (Wildman–Crippen MR) is 90.2 cm³/mol. The van der Waals surface area contributed by atoms with Crippen molar-refractivity contribution in [2.24, 2.45) is 0 Å². The molecule has 1 aliphatic rings. The molecule has 0 aromatic heterocycles. The lowest BCUT2D eigenvalue weighted by Gasteiger charge is -2.19. The molecule has 2 atom stereocenters. The van der Waals surface area contributed by atoms with Crippen molar-refractivity contribution in [1.82, 2.24) is 4.31 Å². The Morgan fingerprint density at radius 2 is 1.74 bits per heavy atom. The van der Waals surface area contributed by atoms with Gasteiger partial charge in [0.05, 0.1) is 11.9 Å². The van der Waals surface area contributed by atoms with Gasteiger partial charge in [0.1, 0.15) is 6.23 Å². The number of ether oxygens (including phenoxy) is 1. The Kier molecular flexibility index (Phi) is 4.53. The molecule has 23 heavy (non-hydrogen) atoms. The van der Waals surface area contributed by atoms with Gasteiger partial charge in [-0.2, -0.15) is 4.31 Å². The van der Waals surface area contributed by atoms with Gasteiger partial charge >= 0.3 is 0 Å². The summed E-state index contributed by atoms with van der Waals surface area (Å²) in [4.78, 5) is 0. The van der Waals surface area contributed by atoms with Gasteiger partial charge in [0, 0.05) is 6.54 Å². The van der Waals surface area contributed by atoms with Crippen LogP contribution in [0.1, 0.15) is 29.7 Å². The monoisotopic (exact) mass is 331 g/mol. The van der Waals surface area contributed by atoms with E-state index in [0.29, 0.717) is 6.54 Å². The van der Waals surface area contributed by atoms with Crippen molar-refractivity contribution in [2.45, 2.75) is 31.9 Å². The summed E-state index contributed by atoms with van der Waals surface area (Å²) in [5.74, 6) is 0.00881. The van der Waals surface area contributed by atoms with E-state index in [4.69, 9.17) is 4.74 Å². The van der Waals surface area contributed by atoms with E-state index in [-0.39, 0.29) is 11.9 Å². The maximum atomic E-state index is 12.8. The maximum Gasteiger partial charge on any atom is 0.220 e. The second-order valence-corrected chi connectivity index (χ2v) is 7.81. The van der Waals surface area contributed by atoms with E-state index in [9.17, 15) is 8.42 Å². The van der Waals surface area contributed by atoms with Crippen molar-refractivity contribution in [3.63, 3.8) is 0 Å². The molecule has 1 heterocycles. The van der Waals surface area contributed by atoms with E-state index in [1.165, 1.54) is 4.31 Å². The number of sulfonamides is 1. The summed E-state index contributed by atoms with van der Waals surface area (Å²) in [5, 5.41) is 0. The molecule has 0 saturated carbocycles. The average molecular weight is 331 g/mol. The molecule has 0 bridgehead atoms. The first-order chi connectivity index (χ1) is 11.0. The number of nitrogens with zero attached hydrogens (tertiary/aromatic N) is 1. The van der Waals surface area contributed by atoms with Gasteiger partial charge < -0.3 is 4.74 Å². The topological polar surface area (TPSA) is 46.6 Å². The number of aryl methyl sites for hydroxylation is 1. The average Bonchev–Trinajstić information content (AvgIpc) is 2.93. The smallest absolute Gasteiger partial charge is 0.220 e. The minimum Gasteiger partial charge on any atom is -0.353 e. The van der Waals surface area contributed by atoms with Crippen molar-refractivity contribution >= 4 is 10.0 Å². The Balaban J connectivity index is 1.79. The van der Waals surface area contributed by atoms with E-state index < -0.39 is 16.3 Å². The Hall–Kier alpha value is -1.69. The summed E-state index contributed by atoms with van der Waals surface area (Å²) >= 11 is 0. The van der Waals surface area contributed by atoms with E-state index in [0.717, 1.165) is 16.7 Å². The van der Waals surface area contributed by atoms with Crippen LogP contribution in [0.2, 0.25) is 0 Å².